The Labute approximate surface area is 147 Å². The summed E-state index contributed by atoms with van der Waals surface area (Å²) in [7, 11) is 0. The van der Waals surface area contributed by atoms with Crippen LogP contribution in [0.4, 0.5) is 10.5 Å². The van der Waals surface area contributed by atoms with Gasteiger partial charge < -0.3 is 21.1 Å². The number of rotatable bonds is 2. The van der Waals surface area contributed by atoms with Gasteiger partial charge in [0.15, 0.2) is 5.69 Å². The molecule has 8 heteroatoms. The van der Waals surface area contributed by atoms with E-state index in [0.717, 1.165) is 38.8 Å². The number of hydrogen-bond acceptors (Lipinski definition) is 5. The zero-order chi connectivity index (χ0) is 18.4. The van der Waals surface area contributed by atoms with Gasteiger partial charge in [0, 0.05) is 19.3 Å². The minimum atomic E-state index is -0.601. The van der Waals surface area contributed by atoms with Crippen molar-refractivity contribution in [3.8, 4) is 0 Å². The number of nitrogens with zero attached hydrogens (tertiary/aromatic N) is 3. The largest absolute Gasteiger partial charge is 0.444 e. The highest BCUT2D eigenvalue weighted by molar-refractivity contribution is 5.95. The molecule has 3 rings (SSSR count). The van der Waals surface area contributed by atoms with Crippen molar-refractivity contribution in [1.82, 2.24) is 14.7 Å². The lowest BCUT2D eigenvalue weighted by molar-refractivity contribution is -0.0258. The third-order valence-corrected chi connectivity index (χ3v) is 5.18. The van der Waals surface area contributed by atoms with Crippen LogP contribution in [0.25, 0.3) is 0 Å². The van der Waals surface area contributed by atoms with Crippen molar-refractivity contribution in [2.75, 3.05) is 18.8 Å². The Bertz CT molecular complexity index is 675. The highest BCUT2D eigenvalue weighted by Crippen LogP contribution is 2.54. The minimum Gasteiger partial charge on any atom is -0.444 e. The van der Waals surface area contributed by atoms with Gasteiger partial charge in [-0.2, -0.15) is 5.10 Å². The summed E-state index contributed by atoms with van der Waals surface area (Å²) in [4.78, 5) is 25.2. The van der Waals surface area contributed by atoms with Gasteiger partial charge in [-0.1, -0.05) is 0 Å². The molecule has 0 bridgehead atoms. The molecule has 8 nitrogen and oxygen atoms in total. The van der Waals surface area contributed by atoms with Crippen LogP contribution in [0.2, 0.25) is 0 Å². The first-order valence-electron chi connectivity index (χ1n) is 8.71. The fraction of sp³-hybridized carbons (Fsp3) is 0.706. The van der Waals surface area contributed by atoms with Crippen LogP contribution >= 0.6 is 0 Å². The van der Waals surface area contributed by atoms with Gasteiger partial charge >= 0.3 is 6.09 Å². The second-order valence-corrected chi connectivity index (χ2v) is 8.31. The molecular formula is C17H27N5O3. The van der Waals surface area contributed by atoms with Gasteiger partial charge in [0.2, 0.25) is 0 Å². The van der Waals surface area contributed by atoms with E-state index < -0.39 is 11.5 Å². The molecule has 2 aliphatic rings. The molecule has 1 aromatic heterocycles. The van der Waals surface area contributed by atoms with E-state index in [4.69, 9.17) is 16.2 Å². The second kappa shape index (κ2) is 5.93. The molecular weight excluding hydrogens is 322 g/mol. The molecule has 1 saturated carbocycles. The Balaban J connectivity index is 1.54. The summed E-state index contributed by atoms with van der Waals surface area (Å²) in [5, 5.41) is 4.23. The average molecular weight is 349 g/mol. The van der Waals surface area contributed by atoms with Gasteiger partial charge in [0.05, 0.1) is 11.7 Å². The van der Waals surface area contributed by atoms with Crippen LogP contribution < -0.4 is 11.5 Å². The molecule has 0 radical (unpaired) electrons. The zero-order valence-electron chi connectivity index (χ0n) is 15.1. The van der Waals surface area contributed by atoms with Crippen LogP contribution in [0.15, 0.2) is 6.20 Å². The number of hydrogen-bond donors (Lipinski definition) is 2. The molecule has 25 heavy (non-hydrogen) atoms. The van der Waals surface area contributed by atoms with Crippen molar-refractivity contribution >= 4 is 17.7 Å². The average Bonchev–Trinajstić information content (AvgIpc) is 2.85. The first-order valence-corrected chi connectivity index (χ1v) is 8.71. The molecule has 1 saturated heterocycles. The van der Waals surface area contributed by atoms with Gasteiger partial charge in [0.1, 0.15) is 5.60 Å². The molecule has 138 valence electrons. The van der Waals surface area contributed by atoms with Gasteiger partial charge in [0.25, 0.3) is 5.91 Å². The molecule has 1 aliphatic heterocycles. The lowest BCUT2D eigenvalue weighted by Gasteiger charge is -2.52. The van der Waals surface area contributed by atoms with Gasteiger partial charge in [-0.25, -0.2) is 4.79 Å². The molecule has 1 spiro atoms. The molecule has 1 aromatic rings. The monoisotopic (exact) mass is 349 g/mol. The number of carbonyl (C=O) groups excluding carboxylic acids is 2. The van der Waals surface area contributed by atoms with Crippen LogP contribution in [0.1, 0.15) is 63.0 Å². The Morgan fingerprint density at radius 1 is 1.28 bits per heavy atom. The van der Waals surface area contributed by atoms with E-state index in [1.165, 1.54) is 0 Å². The van der Waals surface area contributed by atoms with Crippen molar-refractivity contribution in [3.63, 3.8) is 0 Å². The topological polar surface area (TPSA) is 116 Å². The third kappa shape index (κ3) is 3.57. The van der Waals surface area contributed by atoms with Crippen molar-refractivity contribution < 1.29 is 14.3 Å². The minimum absolute atomic E-state index is 0.140. The first kappa shape index (κ1) is 17.6. The standard InChI is InChI=1S/C17H27N5O3/c1-16(2,3)25-15(24)21-6-4-17(5-7-21)8-11(9-17)22-10-12(18)13(20-22)14(19)23/h10-11H,4-9,18H2,1-3H3,(H2,19,23). The number of aromatic nitrogens is 2. The van der Waals surface area contributed by atoms with Gasteiger partial charge in [-0.3, -0.25) is 9.48 Å². The summed E-state index contributed by atoms with van der Waals surface area (Å²) >= 11 is 0. The lowest BCUT2D eigenvalue weighted by atomic mass is 9.60. The maximum atomic E-state index is 12.2. The second-order valence-electron chi connectivity index (χ2n) is 8.31. The summed E-state index contributed by atoms with van der Waals surface area (Å²) in [5.74, 6) is -0.601. The quantitative estimate of drug-likeness (QED) is 0.846. The summed E-state index contributed by atoms with van der Waals surface area (Å²) in [6.07, 6.45) is 5.34. The van der Waals surface area contributed by atoms with Crippen LogP contribution in [-0.2, 0) is 4.74 Å². The number of anilines is 1. The van der Waals surface area contributed by atoms with E-state index in [-0.39, 0.29) is 23.2 Å². The molecule has 0 unspecified atom stereocenters. The summed E-state index contributed by atoms with van der Waals surface area (Å²) in [6, 6.07) is 0.239. The number of primary amides is 1. The number of nitrogens with two attached hydrogens (primary N) is 2. The number of amides is 2. The van der Waals surface area contributed by atoms with Crippen molar-refractivity contribution in [2.24, 2.45) is 11.1 Å². The molecule has 2 amide bonds. The number of likely N-dealkylation sites (tertiary alicyclic amines) is 1. The Morgan fingerprint density at radius 3 is 2.36 bits per heavy atom. The van der Waals surface area contributed by atoms with Crippen LogP contribution in [-0.4, -0.2) is 45.4 Å². The predicted octanol–water partition coefficient (Wildman–Crippen LogP) is 1.92. The van der Waals surface area contributed by atoms with E-state index in [1.807, 2.05) is 20.8 Å². The zero-order valence-corrected chi connectivity index (χ0v) is 15.1. The van der Waals surface area contributed by atoms with Gasteiger partial charge in [-0.15, -0.1) is 0 Å². The summed E-state index contributed by atoms with van der Waals surface area (Å²) in [5.41, 5.74) is 11.3. The molecule has 0 aromatic carbocycles. The number of nitrogen functional groups attached to an aromatic ring is 1. The van der Waals surface area contributed by atoms with Crippen molar-refractivity contribution in [1.29, 1.82) is 0 Å². The van der Waals surface area contributed by atoms with E-state index in [2.05, 4.69) is 5.10 Å². The molecule has 0 atom stereocenters. The Morgan fingerprint density at radius 2 is 1.88 bits per heavy atom. The summed E-state index contributed by atoms with van der Waals surface area (Å²) < 4.78 is 7.21. The maximum Gasteiger partial charge on any atom is 0.410 e. The molecule has 4 N–H and O–H groups in total. The molecule has 1 aliphatic carbocycles. The van der Waals surface area contributed by atoms with Crippen molar-refractivity contribution in [2.45, 2.75) is 58.1 Å². The number of carbonyl (C=O) groups is 2. The Hall–Kier alpha value is -2.25. The van der Waals surface area contributed by atoms with Crippen LogP contribution in [0.5, 0.6) is 0 Å². The lowest BCUT2D eigenvalue weighted by Crippen LogP contribution is -2.50. The van der Waals surface area contributed by atoms with Gasteiger partial charge in [-0.05, 0) is 51.9 Å². The Kier molecular flexibility index (Phi) is 4.17. The van der Waals surface area contributed by atoms with Crippen molar-refractivity contribution in [3.05, 3.63) is 11.9 Å². The van der Waals surface area contributed by atoms with E-state index in [9.17, 15) is 9.59 Å². The van der Waals surface area contributed by atoms with E-state index in [0.29, 0.717) is 5.69 Å². The SMILES string of the molecule is CC(C)(C)OC(=O)N1CCC2(CC1)CC(n1cc(N)c(C(N)=O)n1)C2. The number of piperidine rings is 1. The fourth-order valence-electron chi connectivity index (χ4n) is 3.81. The predicted molar refractivity (Wildman–Crippen MR) is 92.9 cm³/mol. The molecule has 2 heterocycles. The smallest absolute Gasteiger partial charge is 0.410 e. The highest BCUT2D eigenvalue weighted by atomic mass is 16.6. The van der Waals surface area contributed by atoms with E-state index in [1.54, 1.807) is 15.8 Å². The highest BCUT2D eigenvalue weighted by Gasteiger charge is 2.47. The third-order valence-electron chi connectivity index (χ3n) is 5.18. The molecule has 2 fully saturated rings. The first-order chi connectivity index (χ1) is 11.6. The summed E-state index contributed by atoms with van der Waals surface area (Å²) in [6.45, 7) is 7.07. The van der Waals surface area contributed by atoms with Crippen LogP contribution in [0.3, 0.4) is 0 Å². The van der Waals surface area contributed by atoms with Crippen LogP contribution in [0, 0.1) is 5.41 Å². The fourth-order valence-corrected chi connectivity index (χ4v) is 3.81. The van der Waals surface area contributed by atoms with E-state index >= 15 is 0 Å². The number of ether oxygens (including phenoxy) is 1. The maximum absolute atomic E-state index is 12.2. The normalized spacial score (nSPS) is 20.4.